The fraction of sp³-hybridized carbons (Fsp3) is 0.923. The summed E-state index contributed by atoms with van der Waals surface area (Å²) in [5, 5.41) is 3.41. The summed E-state index contributed by atoms with van der Waals surface area (Å²) < 4.78 is 0. The number of amides is 1. The molecule has 17 heavy (non-hydrogen) atoms. The third kappa shape index (κ3) is 2.80. The van der Waals surface area contributed by atoms with Gasteiger partial charge in [-0.05, 0) is 58.0 Å². The average Bonchev–Trinajstić information content (AvgIpc) is 2.29. The molecular weight excluding hydrogens is 214 g/mol. The Morgan fingerprint density at radius 2 is 1.71 bits per heavy atom. The quantitative estimate of drug-likeness (QED) is 0.709. The normalized spacial score (nSPS) is 25.0. The highest BCUT2D eigenvalue weighted by Gasteiger charge is 2.38. The van der Waals surface area contributed by atoms with Crippen LogP contribution in [0.5, 0.6) is 0 Å². The van der Waals surface area contributed by atoms with E-state index >= 15 is 0 Å². The van der Waals surface area contributed by atoms with Crippen LogP contribution < -0.4 is 11.1 Å². The molecule has 0 aromatic rings. The van der Waals surface area contributed by atoms with Crippen molar-refractivity contribution in [3.05, 3.63) is 0 Å². The first-order chi connectivity index (χ1) is 7.93. The van der Waals surface area contributed by atoms with E-state index in [4.69, 9.17) is 5.73 Å². The molecule has 2 aliphatic rings. The fourth-order valence-corrected chi connectivity index (χ4v) is 3.05. The van der Waals surface area contributed by atoms with Gasteiger partial charge in [0.25, 0.3) is 0 Å². The molecule has 1 amide bonds. The van der Waals surface area contributed by atoms with Crippen molar-refractivity contribution in [1.82, 2.24) is 10.2 Å². The summed E-state index contributed by atoms with van der Waals surface area (Å²) in [6, 6.07) is 0. The molecule has 4 heteroatoms. The number of carbonyl (C=O) groups excluding carboxylic acids is 1. The van der Waals surface area contributed by atoms with Crippen LogP contribution in [0.15, 0.2) is 0 Å². The van der Waals surface area contributed by atoms with E-state index in [9.17, 15) is 4.79 Å². The van der Waals surface area contributed by atoms with Gasteiger partial charge in [-0.2, -0.15) is 0 Å². The van der Waals surface area contributed by atoms with E-state index < -0.39 is 5.54 Å². The van der Waals surface area contributed by atoms with Crippen LogP contribution in [0.2, 0.25) is 0 Å². The summed E-state index contributed by atoms with van der Waals surface area (Å²) in [6.45, 7) is 7.64. The molecule has 4 nitrogen and oxygen atoms in total. The smallest absolute Gasteiger partial charge is 0.242 e. The predicted octanol–water partition coefficient (Wildman–Crippen LogP) is 0.716. The van der Waals surface area contributed by atoms with Crippen molar-refractivity contribution in [2.75, 3.05) is 26.2 Å². The standard InChI is InChI=1S/C13H25N3O/c1-12(2,14)11(17)16-9-5-13(6-10-16)3-7-15-8-4-13/h15H,3-10,14H2,1-2H3. The van der Waals surface area contributed by atoms with Gasteiger partial charge in [-0.3, -0.25) is 4.79 Å². The molecule has 2 heterocycles. The second-order valence-electron chi connectivity index (χ2n) is 6.26. The van der Waals surface area contributed by atoms with E-state index in [0.717, 1.165) is 39.0 Å². The number of carbonyl (C=O) groups is 1. The summed E-state index contributed by atoms with van der Waals surface area (Å²) in [4.78, 5) is 14.0. The first-order valence-electron chi connectivity index (χ1n) is 6.72. The lowest BCUT2D eigenvalue weighted by atomic mass is 9.71. The largest absolute Gasteiger partial charge is 0.341 e. The molecular formula is C13H25N3O. The van der Waals surface area contributed by atoms with E-state index in [-0.39, 0.29) is 5.91 Å². The predicted molar refractivity (Wildman–Crippen MR) is 68.6 cm³/mol. The van der Waals surface area contributed by atoms with Crippen LogP contribution in [0.3, 0.4) is 0 Å². The van der Waals surface area contributed by atoms with Crippen LogP contribution in [0.1, 0.15) is 39.5 Å². The first-order valence-corrected chi connectivity index (χ1v) is 6.72. The van der Waals surface area contributed by atoms with Gasteiger partial charge < -0.3 is 16.0 Å². The highest BCUT2D eigenvalue weighted by Crippen LogP contribution is 2.39. The number of nitrogens with two attached hydrogens (primary N) is 1. The third-order valence-electron chi connectivity index (χ3n) is 4.33. The fourth-order valence-electron chi connectivity index (χ4n) is 3.05. The minimum Gasteiger partial charge on any atom is -0.341 e. The van der Waals surface area contributed by atoms with E-state index in [1.54, 1.807) is 13.8 Å². The summed E-state index contributed by atoms with van der Waals surface area (Å²) in [7, 11) is 0. The molecule has 0 aromatic carbocycles. The molecule has 0 bridgehead atoms. The Bertz CT molecular complexity index is 280. The highest BCUT2D eigenvalue weighted by atomic mass is 16.2. The van der Waals surface area contributed by atoms with Crippen molar-refractivity contribution in [3.63, 3.8) is 0 Å². The Morgan fingerprint density at radius 3 is 2.18 bits per heavy atom. The summed E-state index contributed by atoms with van der Waals surface area (Å²) in [6.07, 6.45) is 4.83. The van der Waals surface area contributed by atoms with Crippen LogP contribution >= 0.6 is 0 Å². The Kier molecular flexibility index (Phi) is 3.46. The molecule has 0 aromatic heterocycles. The van der Waals surface area contributed by atoms with Gasteiger partial charge in [0.05, 0.1) is 5.54 Å². The van der Waals surface area contributed by atoms with Gasteiger partial charge in [0.1, 0.15) is 0 Å². The average molecular weight is 239 g/mol. The van der Waals surface area contributed by atoms with Crippen LogP contribution in [0.4, 0.5) is 0 Å². The topological polar surface area (TPSA) is 58.4 Å². The maximum Gasteiger partial charge on any atom is 0.242 e. The number of likely N-dealkylation sites (tertiary alicyclic amines) is 1. The molecule has 2 saturated heterocycles. The molecule has 1 spiro atoms. The van der Waals surface area contributed by atoms with Crippen molar-refractivity contribution >= 4 is 5.91 Å². The van der Waals surface area contributed by atoms with E-state index in [1.807, 2.05) is 4.90 Å². The van der Waals surface area contributed by atoms with E-state index in [1.165, 1.54) is 12.8 Å². The lowest BCUT2D eigenvalue weighted by molar-refractivity contribution is -0.138. The van der Waals surface area contributed by atoms with Gasteiger partial charge in [-0.25, -0.2) is 0 Å². The monoisotopic (exact) mass is 239 g/mol. The third-order valence-corrected chi connectivity index (χ3v) is 4.33. The maximum absolute atomic E-state index is 12.1. The minimum atomic E-state index is -0.724. The number of hydrogen-bond donors (Lipinski definition) is 2. The van der Waals surface area contributed by atoms with Gasteiger partial charge >= 0.3 is 0 Å². The summed E-state index contributed by atoms with van der Waals surface area (Å²) >= 11 is 0. The molecule has 0 aliphatic carbocycles. The zero-order valence-electron chi connectivity index (χ0n) is 11.1. The van der Waals surface area contributed by atoms with Crippen LogP contribution in [-0.4, -0.2) is 42.5 Å². The molecule has 2 fully saturated rings. The first kappa shape index (κ1) is 12.8. The molecule has 0 atom stereocenters. The maximum atomic E-state index is 12.1. The Labute approximate surface area is 104 Å². The number of hydrogen-bond acceptors (Lipinski definition) is 3. The van der Waals surface area contributed by atoms with E-state index in [0.29, 0.717) is 5.41 Å². The molecule has 0 radical (unpaired) electrons. The number of piperidine rings is 2. The minimum absolute atomic E-state index is 0.0984. The molecule has 2 aliphatic heterocycles. The van der Waals surface area contributed by atoms with Gasteiger partial charge in [0.2, 0.25) is 5.91 Å². The second kappa shape index (κ2) is 4.58. The molecule has 2 rings (SSSR count). The van der Waals surface area contributed by atoms with Gasteiger partial charge in [-0.1, -0.05) is 0 Å². The second-order valence-corrected chi connectivity index (χ2v) is 6.26. The number of nitrogens with zero attached hydrogens (tertiary/aromatic N) is 1. The van der Waals surface area contributed by atoms with Crippen molar-refractivity contribution in [2.24, 2.45) is 11.1 Å². The molecule has 0 saturated carbocycles. The van der Waals surface area contributed by atoms with Gasteiger partial charge in [0, 0.05) is 13.1 Å². The van der Waals surface area contributed by atoms with Gasteiger partial charge in [-0.15, -0.1) is 0 Å². The van der Waals surface area contributed by atoms with Gasteiger partial charge in [0.15, 0.2) is 0 Å². The number of rotatable bonds is 1. The number of nitrogens with one attached hydrogen (secondary N) is 1. The van der Waals surface area contributed by atoms with Crippen molar-refractivity contribution in [1.29, 1.82) is 0 Å². The Morgan fingerprint density at radius 1 is 1.18 bits per heavy atom. The van der Waals surface area contributed by atoms with Crippen LogP contribution in [0, 0.1) is 5.41 Å². The van der Waals surface area contributed by atoms with Crippen molar-refractivity contribution < 1.29 is 4.79 Å². The SMILES string of the molecule is CC(C)(N)C(=O)N1CCC2(CCNCC2)CC1. The highest BCUT2D eigenvalue weighted by molar-refractivity contribution is 5.85. The van der Waals surface area contributed by atoms with Crippen molar-refractivity contribution in [3.8, 4) is 0 Å². The summed E-state index contributed by atoms with van der Waals surface area (Å²) in [5.41, 5.74) is 5.66. The molecule has 98 valence electrons. The van der Waals surface area contributed by atoms with Crippen LogP contribution in [-0.2, 0) is 4.79 Å². The van der Waals surface area contributed by atoms with E-state index in [2.05, 4.69) is 5.32 Å². The lowest BCUT2D eigenvalue weighted by Gasteiger charge is -2.45. The lowest BCUT2D eigenvalue weighted by Crippen LogP contribution is -2.55. The van der Waals surface area contributed by atoms with Crippen LogP contribution in [0.25, 0.3) is 0 Å². The zero-order valence-corrected chi connectivity index (χ0v) is 11.1. The molecule has 3 N–H and O–H groups in total. The Balaban J connectivity index is 1.91. The summed E-state index contributed by atoms with van der Waals surface area (Å²) in [5.74, 6) is 0.0984. The Hall–Kier alpha value is -0.610. The zero-order chi connectivity index (χ0) is 12.5. The van der Waals surface area contributed by atoms with Crippen molar-refractivity contribution in [2.45, 2.75) is 45.1 Å². The molecule has 0 unspecified atom stereocenters.